The van der Waals surface area contributed by atoms with Gasteiger partial charge in [0.1, 0.15) is 5.69 Å². The van der Waals surface area contributed by atoms with Gasteiger partial charge in [0.05, 0.1) is 17.3 Å². The molecule has 0 aliphatic heterocycles. The number of pyridine rings is 1. The largest absolute Gasteiger partial charge is 0.478 e. The molecular formula is C13H8N2O4. The van der Waals surface area contributed by atoms with Crippen LogP contribution in [0.1, 0.15) is 20.8 Å². The van der Waals surface area contributed by atoms with Crippen LogP contribution in [0.4, 0.5) is 0 Å². The number of fused-ring (bicyclic) bond motifs is 1. The van der Waals surface area contributed by atoms with Crippen molar-refractivity contribution in [3.63, 3.8) is 0 Å². The van der Waals surface area contributed by atoms with E-state index in [-0.39, 0.29) is 11.3 Å². The zero-order chi connectivity index (χ0) is 13.4. The fraction of sp³-hybridized carbons (Fsp3) is 0. The van der Waals surface area contributed by atoms with Gasteiger partial charge < -0.3 is 9.52 Å². The third-order valence-corrected chi connectivity index (χ3v) is 2.77. The van der Waals surface area contributed by atoms with E-state index in [2.05, 4.69) is 4.98 Å². The number of imidazole rings is 1. The maximum Gasteiger partial charge on any atom is 0.337 e. The van der Waals surface area contributed by atoms with Crippen LogP contribution in [0.5, 0.6) is 0 Å². The highest BCUT2D eigenvalue weighted by Crippen LogP contribution is 2.23. The Morgan fingerprint density at radius 1 is 1.37 bits per heavy atom. The van der Waals surface area contributed by atoms with Crippen molar-refractivity contribution in [1.82, 2.24) is 9.38 Å². The molecule has 0 aliphatic rings. The van der Waals surface area contributed by atoms with E-state index in [1.54, 1.807) is 18.2 Å². The van der Waals surface area contributed by atoms with Crippen LogP contribution in [0.2, 0.25) is 0 Å². The highest BCUT2D eigenvalue weighted by Gasteiger charge is 2.15. The minimum atomic E-state index is -1.05. The van der Waals surface area contributed by atoms with E-state index in [0.29, 0.717) is 23.4 Å². The highest BCUT2D eigenvalue weighted by molar-refractivity contribution is 5.90. The Morgan fingerprint density at radius 3 is 2.84 bits per heavy atom. The Balaban J connectivity index is 2.34. The molecule has 0 fully saturated rings. The van der Waals surface area contributed by atoms with Crippen LogP contribution in [0, 0.1) is 0 Å². The van der Waals surface area contributed by atoms with Crippen LogP contribution in [0.25, 0.3) is 17.1 Å². The van der Waals surface area contributed by atoms with Gasteiger partial charge >= 0.3 is 5.97 Å². The first-order valence-electron chi connectivity index (χ1n) is 5.45. The van der Waals surface area contributed by atoms with Crippen LogP contribution in [-0.2, 0) is 0 Å². The molecule has 3 heterocycles. The van der Waals surface area contributed by atoms with E-state index in [4.69, 9.17) is 9.52 Å². The molecular weight excluding hydrogens is 248 g/mol. The molecule has 3 aromatic heterocycles. The van der Waals surface area contributed by atoms with E-state index in [9.17, 15) is 9.59 Å². The Kier molecular flexibility index (Phi) is 2.42. The van der Waals surface area contributed by atoms with Crippen molar-refractivity contribution < 1.29 is 19.1 Å². The first kappa shape index (κ1) is 11.2. The number of nitrogens with zero attached hydrogens (tertiary/aromatic N) is 2. The first-order chi connectivity index (χ1) is 9.20. The molecule has 0 amide bonds. The Labute approximate surface area is 106 Å². The number of carboxylic acid groups (broad SMARTS) is 1. The number of carboxylic acids is 1. The third kappa shape index (κ3) is 1.70. The second-order valence-electron chi connectivity index (χ2n) is 3.89. The quantitative estimate of drug-likeness (QED) is 0.725. The normalized spacial score (nSPS) is 10.7. The number of aldehydes is 1. The summed E-state index contributed by atoms with van der Waals surface area (Å²) in [4.78, 5) is 26.2. The van der Waals surface area contributed by atoms with Gasteiger partial charge in [-0.25, -0.2) is 9.78 Å². The number of aromatic nitrogens is 2. The van der Waals surface area contributed by atoms with Gasteiger partial charge in [-0.3, -0.25) is 9.20 Å². The van der Waals surface area contributed by atoms with Crippen molar-refractivity contribution in [2.75, 3.05) is 0 Å². The van der Waals surface area contributed by atoms with Crippen LogP contribution >= 0.6 is 0 Å². The van der Waals surface area contributed by atoms with E-state index in [0.717, 1.165) is 0 Å². The summed E-state index contributed by atoms with van der Waals surface area (Å²) in [7, 11) is 0. The lowest BCUT2D eigenvalue weighted by atomic mass is 10.2. The number of aromatic carboxylic acids is 1. The SMILES string of the molecule is O=Cc1nc(-c2ccco2)n2cc(C(=O)O)ccc12. The van der Waals surface area contributed by atoms with Gasteiger partial charge in [0, 0.05) is 6.20 Å². The van der Waals surface area contributed by atoms with Gasteiger partial charge in [0.15, 0.2) is 17.9 Å². The molecule has 0 atom stereocenters. The van der Waals surface area contributed by atoms with Gasteiger partial charge in [0.2, 0.25) is 0 Å². The summed E-state index contributed by atoms with van der Waals surface area (Å²) in [5.74, 6) is -0.190. The summed E-state index contributed by atoms with van der Waals surface area (Å²) in [5.41, 5.74) is 0.880. The summed E-state index contributed by atoms with van der Waals surface area (Å²) >= 11 is 0. The minimum Gasteiger partial charge on any atom is -0.478 e. The first-order valence-corrected chi connectivity index (χ1v) is 5.45. The zero-order valence-electron chi connectivity index (χ0n) is 9.61. The molecule has 19 heavy (non-hydrogen) atoms. The molecule has 3 aromatic rings. The molecule has 0 aromatic carbocycles. The summed E-state index contributed by atoms with van der Waals surface area (Å²) in [5, 5.41) is 9.00. The van der Waals surface area contributed by atoms with Crippen molar-refractivity contribution in [2.45, 2.75) is 0 Å². The summed E-state index contributed by atoms with van der Waals surface area (Å²) in [6.07, 6.45) is 3.52. The van der Waals surface area contributed by atoms with Crippen molar-refractivity contribution in [2.24, 2.45) is 0 Å². The minimum absolute atomic E-state index is 0.107. The maximum atomic E-state index is 11.0. The van der Waals surface area contributed by atoms with E-state index < -0.39 is 5.97 Å². The average molecular weight is 256 g/mol. The van der Waals surface area contributed by atoms with Gasteiger partial charge in [-0.2, -0.15) is 0 Å². The standard InChI is InChI=1S/C13H8N2O4/c16-7-9-10-4-3-8(13(17)18)6-15(10)12(14-9)11-2-1-5-19-11/h1-7H,(H,17,18). The molecule has 0 saturated carbocycles. The number of carbonyl (C=O) groups excluding carboxylic acids is 1. The fourth-order valence-electron chi connectivity index (χ4n) is 1.90. The monoisotopic (exact) mass is 256 g/mol. The molecule has 0 spiro atoms. The predicted octanol–water partition coefficient (Wildman–Crippen LogP) is 2.10. The van der Waals surface area contributed by atoms with Crippen molar-refractivity contribution in [3.05, 3.63) is 48.0 Å². The van der Waals surface area contributed by atoms with Gasteiger partial charge in [-0.1, -0.05) is 0 Å². The van der Waals surface area contributed by atoms with Crippen molar-refractivity contribution in [1.29, 1.82) is 0 Å². The van der Waals surface area contributed by atoms with Crippen LogP contribution in [0.3, 0.4) is 0 Å². The Bertz CT molecular complexity index is 771. The topological polar surface area (TPSA) is 84.8 Å². The van der Waals surface area contributed by atoms with E-state index >= 15 is 0 Å². The molecule has 1 N–H and O–H groups in total. The lowest BCUT2D eigenvalue weighted by Crippen LogP contribution is -1.99. The number of furan rings is 1. The zero-order valence-corrected chi connectivity index (χ0v) is 9.61. The predicted molar refractivity (Wildman–Crippen MR) is 65.2 cm³/mol. The second kappa shape index (κ2) is 4.09. The van der Waals surface area contributed by atoms with Crippen LogP contribution < -0.4 is 0 Å². The lowest BCUT2D eigenvalue weighted by molar-refractivity contribution is 0.0696. The number of hydrogen-bond donors (Lipinski definition) is 1. The molecule has 0 aliphatic carbocycles. The number of rotatable bonds is 3. The molecule has 3 rings (SSSR count). The molecule has 0 radical (unpaired) electrons. The van der Waals surface area contributed by atoms with Gasteiger partial charge in [-0.05, 0) is 24.3 Å². The van der Waals surface area contributed by atoms with Crippen molar-refractivity contribution in [3.8, 4) is 11.6 Å². The average Bonchev–Trinajstić information content (AvgIpc) is 3.04. The van der Waals surface area contributed by atoms with E-state index in [1.165, 1.54) is 22.9 Å². The summed E-state index contributed by atoms with van der Waals surface area (Å²) in [6, 6.07) is 6.36. The molecule has 0 bridgehead atoms. The van der Waals surface area contributed by atoms with Crippen molar-refractivity contribution >= 4 is 17.8 Å². The third-order valence-electron chi connectivity index (χ3n) is 2.77. The Morgan fingerprint density at radius 2 is 2.21 bits per heavy atom. The van der Waals surface area contributed by atoms with Crippen LogP contribution in [0.15, 0.2) is 41.1 Å². The number of carbonyl (C=O) groups is 2. The molecule has 0 saturated heterocycles. The number of hydrogen-bond acceptors (Lipinski definition) is 4. The molecule has 6 nitrogen and oxygen atoms in total. The molecule has 94 valence electrons. The summed E-state index contributed by atoms with van der Waals surface area (Å²) in [6.45, 7) is 0. The van der Waals surface area contributed by atoms with E-state index in [1.807, 2.05) is 0 Å². The highest BCUT2D eigenvalue weighted by atomic mass is 16.4. The maximum absolute atomic E-state index is 11.0. The fourth-order valence-corrected chi connectivity index (χ4v) is 1.90. The summed E-state index contributed by atoms with van der Waals surface area (Å²) < 4.78 is 6.77. The second-order valence-corrected chi connectivity index (χ2v) is 3.89. The van der Waals surface area contributed by atoms with Crippen LogP contribution in [-0.4, -0.2) is 26.7 Å². The molecule has 0 unspecified atom stereocenters. The lowest BCUT2D eigenvalue weighted by Gasteiger charge is -2.00. The van der Waals surface area contributed by atoms with Gasteiger partial charge in [0.25, 0.3) is 0 Å². The smallest absolute Gasteiger partial charge is 0.337 e. The van der Waals surface area contributed by atoms with Gasteiger partial charge in [-0.15, -0.1) is 0 Å². The molecule has 6 heteroatoms. The Hall–Kier alpha value is -2.89.